The molecular weight excluding hydrogens is 505 g/mol. The number of halogens is 1. The zero-order valence-electron chi connectivity index (χ0n) is 21.8. The second kappa shape index (κ2) is 10.1. The number of hydrogen-bond acceptors (Lipinski definition) is 6. The molecule has 1 saturated heterocycles. The fourth-order valence-corrected chi connectivity index (χ4v) is 5.51. The van der Waals surface area contributed by atoms with Gasteiger partial charge >= 0.3 is 0 Å². The predicted octanol–water partition coefficient (Wildman–Crippen LogP) is 6.03. The number of benzene rings is 2. The van der Waals surface area contributed by atoms with Crippen LogP contribution in [0.1, 0.15) is 12.8 Å². The van der Waals surface area contributed by atoms with Gasteiger partial charge in [-0.25, -0.2) is 4.39 Å². The van der Waals surface area contributed by atoms with Gasteiger partial charge in [0.05, 0.1) is 28.8 Å². The maximum absolute atomic E-state index is 14.7. The van der Waals surface area contributed by atoms with E-state index in [1.807, 2.05) is 36.4 Å². The summed E-state index contributed by atoms with van der Waals surface area (Å²) in [6, 6.07) is 16.8. The maximum atomic E-state index is 14.7. The molecule has 6 aromatic rings. The third-order valence-electron chi connectivity index (χ3n) is 7.48. The number of fused-ring (bicyclic) bond motifs is 2. The predicted molar refractivity (Wildman–Crippen MR) is 155 cm³/mol. The summed E-state index contributed by atoms with van der Waals surface area (Å²) in [4.78, 5) is 14.6. The van der Waals surface area contributed by atoms with Gasteiger partial charge in [-0.15, -0.1) is 0 Å². The van der Waals surface area contributed by atoms with Gasteiger partial charge in [0.2, 0.25) is 0 Å². The number of nitrogens with one attached hydrogen (secondary N) is 2. The van der Waals surface area contributed by atoms with Gasteiger partial charge in [0, 0.05) is 46.9 Å². The number of anilines is 1. The SMILES string of the molecule is Nc1cncc(-c2cc3c(-c4cc5c(-c6cc(F)cc(OCCN7CCCC7)c6)cccc5[nH]4)n[nH]c3cn2)c1. The summed E-state index contributed by atoms with van der Waals surface area (Å²) in [7, 11) is 0. The Morgan fingerprint density at radius 2 is 1.82 bits per heavy atom. The number of rotatable bonds is 7. The molecule has 0 radical (unpaired) electrons. The summed E-state index contributed by atoms with van der Waals surface area (Å²) >= 11 is 0. The largest absolute Gasteiger partial charge is 0.492 e. The Bertz CT molecular complexity index is 1840. The van der Waals surface area contributed by atoms with E-state index in [4.69, 9.17) is 10.5 Å². The number of likely N-dealkylation sites (tertiary alicyclic amines) is 1. The number of aromatic amines is 2. The van der Waals surface area contributed by atoms with Crippen molar-refractivity contribution in [2.45, 2.75) is 12.8 Å². The molecular formula is C31H28FN7O. The highest BCUT2D eigenvalue weighted by atomic mass is 19.1. The van der Waals surface area contributed by atoms with Crippen molar-refractivity contribution in [2.75, 3.05) is 32.0 Å². The van der Waals surface area contributed by atoms with Crippen LogP contribution in [0, 0.1) is 5.82 Å². The molecule has 0 amide bonds. The van der Waals surface area contributed by atoms with Crippen molar-refractivity contribution in [1.29, 1.82) is 0 Å². The van der Waals surface area contributed by atoms with Gasteiger partial charge in [0.15, 0.2) is 0 Å². The Morgan fingerprint density at radius 3 is 2.70 bits per heavy atom. The van der Waals surface area contributed by atoms with Crippen LogP contribution in [0.25, 0.3) is 55.6 Å². The van der Waals surface area contributed by atoms with E-state index in [9.17, 15) is 4.39 Å². The maximum Gasteiger partial charge on any atom is 0.127 e. The van der Waals surface area contributed by atoms with Crippen LogP contribution in [-0.4, -0.2) is 56.3 Å². The van der Waals surface area contributed by atoms with Crippen LogP contribution in [0.3, 0.4) is 0 Å². The minimum Gasteiger partial charge on any atom is -0.492 e. The van der Waals surface area contributed by atoms with E-state index in [0.29, 0.717) is 18.0 Å². The van der Waals surface area contributed by atoms with Crippen molar-refractivity contribution in [2.24, 2.45) is 0 Å². The molecule has 0 saturated carbocycles. The molecule has 1 aliphatic heterocycles. The lowest BCUT2D eigenvalue weighted by Crippen LogP contribution is -2.25. The first kappa shape index (κ1) is 24.3. The Kier molecular flexibility index (Phi) is 6.13. The van der Waals surface area contributed by atoms with Gasteiger partial charge in [-0.05, 0) is 73.5 Å². The monoisotopic (exact) mass is 533 g/mol. The average Bonchev–Trinajstić information content (AvgIpc) is 3.72. The number of hydrogen-bond donors (Lipinski definition) is 3. The number of nitrogens with two attached hydrogens (primary N) is 1. The molecule has 0 unspecified atom stereocenters. The van der Waals surface area contributed by atoms with Crippen molar-refractivity contribution < 1.29 is 9.13 Å². The first-order valence-electron chi connectivity index (χ1n) is 13.4. The van der Waals surface area contributed by atoms with E-state index in [-0.39, 0.29) is 5.82 Å². The minimum absolute atomic E-state index is 0.323. The molecule has 0 atom stereocenters. The zero-order chi connectivity index (χ0) is 27.1. The lowest BCUT2D eigenvalue weighted by molar-refractivity contribution is 0.237. The van der Waals surface area contributed by atoms with E-state index in [1.165, 1.54) is 18.9 Å². The lowest BCUT2D eigenvalue weighted by atomic mass is 10.0. The van der Waals surface area contributed by atoms with Gasteiger partial charge in [0.1, 0.15) is 23.9 Å². The van der Waals surface area contributed by atoms with Gasteiger partial charge in [-0.2, -0.15) is 5.10 Å². The summed E-state index contributed by atoms with van der Waals surface area (Å²) in [5, 5.41) is 9.55. The quantitative estimate of drug-likeness (QED) is 0.231. The van der Waals surface area contributed by atoms with Gasteiger partial charge in [0.25, 0.3) is 0 Å². The first-order chi connectivity index (χ1) is 19.6. The van der Waals surface area contributed by atoms with E-state index in [1.54, 1.807) is 24.7 Å². The van der Waals surface area contributed by atoms with Crippen LogP contribution in [0.2, 0.25) is 0 Å². The highest BCUT2D eigenvalue weighted by Gasteiger charge is 2.16. The van der Waals surface area contributed by atoms with E-state index < -0.39 is 0 Å². The normalized spacial score (nSPS) is 13.9. The number of aromatic nitrogens is 5. The highest BCUT2D eigenvalue weighted by molar-refractivity contribution is 6.01. The van der Waals surface area contributed by atoms with Crippen LogP contribution in [0.4, 0.5) is 10.1 Å². The number of H-pyrrole nitrogens is 2. The summed E-state index contributed by atoms with van der Waals surface area (Å²) in [5.74, 6) is 0.215. The van der Waals surface area contributed by atoms with Gasteiger partial charge in [-0.3, -0.25) is 20.0 Å². The standard InChI is InChI=1S/C31H28FN7O/c32-21-10-19(12-23(13-21)40-9-8-39-6-1-2-7-39)24-4-3-5-27-25(24)14-29(36-27)31-26-15-28(35-18-30(26)37-38-31)20-11-22(33)17-34-16-20/h3-5,10-18,36H,1-2,6-9,33H2,(H,37,38). The minimum atomic E-state index is -0.323. The fourth-order valence-electron chi connectivity index (χ4n) is 5.51. The van der Waals surface area contributed by atoms with Crippen molar-refractivity contribution in [3.8, 4) is 39.5 Å². The molecule has 40 heavy (non-hydrogen) atoms. The third kappa shape index (κ3) is 4.65. The summed E-state index contributed by atoms with van der Waals surface area (Å²) < 4.78 is 20.7. The fraction of sp³-hybridized carbons (Fsp3) is 0.194. The lowest BCUT2D eigenvalue weighted by Gasteiger charge is -2.15. The smallest absolute Gasteiger partial charge is 0.127 e. The molecule has 0 aliphatic carbocycles. The summed E-state index contributed by atoms with van der Waals surface area (Å²) in [6.07, 6.45) is 7.58. The Labute approximate surface area is 230 Å². The van der Waals surface area contributed by atoms with Crippen LogP contribution >= 0.6 is 0 Å². The molecule has 4 N–H and O–H groups in total. The average molecular weight is 534 g/mol. The Balaban J connectivity index is 1.23. The molecule has 7 rings (SSSR count). The van der Waals surface area contributed by atoms with Gasteiger partial charge in [-0.1, -0.05) is 12.1 Å². The second-order valence-electron chi connectivity index (χ2n) is 10.2. The number of nitrogens with zero attached hydrogens (tertiary/aromatic N) is 4. The summed E-state index contributed by atoms with van der Waals surface area (Å²) in [6.45, 7) is 3.61. The molecule has 1 aliphatic rings. The molecule has 0 bridgehead atoms. The molecule has 8 nitrogen and oxygen atoms in total. The Morgan fingerprint density at radius 1 is 0.925 bits per heavy atom. The first-order valence-corrected chi connectivity index (χ1v) is 13.4. The van der Waals surface area contributed by atoms with Gasteiger partial charge < -0.3 is 15.5 Å². The van der Waals surface area contributed by atoms with Crippen LogP contribution in [0.15, 0.2) is 73.2 Å². The third-order valence-corrected chi connectivity index (χ3v) is 7.48. The highest BCUT2D eigenvalue weighted by Crippen LogP contribution is 2.36. The molecule has 4 aromatic heterocycles. The van der Waals surface area contributed by atoms with E-state index in [2.05, 4.69) is 36.1 Å². The van der Waals surface area contributed by atoms with Crippen molar-refractivity contribution in [3.63, 3.8) is 0 Å². The van der Waals surface area contributed by atoms with Crippen LogP contribution in [0.5, 0.6) is 5.75 Å². The second-order valence-corrected chi connectivity index (χ2v) is 10.2. The van der Waals surface area contributed by atoms with Crippen molar-refractivity contribution in [1.82, 2.24) is 30.0 Å². The van der Waals surface area contributed by atoms with Crippen molar-refractivity contribution in [3.05, 3.63) is 79.0 Å². The molecule has 2 aromatic carbocycles. The molecule has 1 fully saturated rings. The van der Waals surface area contributed by atoms with Crippen molar-refractivity contribution >= 4 is 27.5 Å². The van der Waals surface area contributed by atoms with E-state index in [0.717, 1.165) is 75.2 Å². The topological polar surface area (TPSA) is 109 Å². The molecule has 5 heterocycles. The zero-order valence-corrected chi connectivity index (χ0v) is 21.8. The summed E-state index contributed by atoms with van der Waals surface area (Å²) in [5.41, 5.74) is 13.1. The number of ether oxygens (including phenoxy) is 1. The van der Waals surface area contributed by atoms with Crippen LogP contribution in [-0.2, 0) is 0 Å². The molecule has 9 heteroatoms. The number of nitrogen functional groups attached to an aromatic ring is 1. The van der Waals surface area contributed by atoms with E-state index >= 15 is 0 Å². The molecule has 200 valence electrons. The number of pyridine rings is 2. The Hall–Kier alpha value is -4.76. The molecule has 0 spiro atoms. The van der Waals surface area contributed by atoms with Crippen LogP contribution < -0.4 is 10.5 Å².